The molecule has 0 aromatic heterocycles. The van der Waals surface area contributed by atoms with Crippen molar-refractivity contribution in [2.24, 2.45) is 0 Å². The lowest BCUT2D eigenvalue weighted by Crippen LogP contribution is -2.35. The minimum Gasteiger partial charge on any atom is -0.494 e. The normalized spacial score (nSPS) is 14.0. The second-order valence-electron chi connectivity index (χ2n) is 6.27. The molecule has 0 radical (unpaired) electrons. The zero-order valence-corrected chi connectivity index (χ0v) is 15.7. The highest BCUT2D eigenvalue weighted by molar-refractivity contribution is 6.06. The van der Waals surface area contributed by atoms with Gasteiger partial charge in [0.1, 0.15) is 11.5 Å². The van der Waals surface area contributed by atoms with Crippen molar-refractivity contribution in [3.63, 3.8) is 0 Å². The number of para-hydroxylation sites is 1. The molecule has 0 saturated carbocycles. The zero-order chi connectivity index (χ0) is 19.2. The summed E-state index contributed by atoms with van der Waals surface area (Å²) in [6.07, 6.45) is 2.45. The number of piperidine rings is 1. The molecule has 6 nitrogen and oxygen atoms in total. The minimum atomic E-state index is -0.261. The summed E-state index contributed by atoms with van der Waals surface area (Å²) in [5.74, 6) is 0.936. The third-order valence-corrected chi connectivity index (χ3v) is 4.48. The maximum atomic E-state index is 12.7. The molecule has 2 amide bonds. The molecular formula is C21H24N2O4. The standard InChI is InChI=1S/C21H24N2O4/c1-3-27-18-9-5-4-8-16(18)21(25)22-15-11-12-17(19(14-15)26-2)23-13-7-6-10-20(23)24/h4-5,8-9,11-12,14H,3,6-7,10,13H2,1-2H3,(H,22,25). The first-order valence-corrected chi connectivity index (χ1v) is 9.15. The van der Waals surface area contributed by atoms with Crippen molar-refractivity contribution >= 4 is 23.2 Å². The van der Waals surface area contributed by atoms with Crippen molar-refractivity contribution in [1.82, 2.24) is 0 Å². The summed E-state index contributed by atoms with van der Waals surface area (Å²) in [7, 11) is 1.56. The van der Waals surface area contributed by atoms with Gasteiger partial charge in [-0.2, -0.15) is 0 Å². The van der Waals surface area contributed by atoms with Gasteiger partial charge in [0.2, 0.25) is 5.91 Å². The van der Waals surface area contributed by atoms with Crippen LogP contribution in [0.2, 0.25) is 0 Å². The number of carbonyl (C=O) groups is 2. The molecular weight excluding hydrogens is 344 g/mol. The Labute approximate surface area is 159 Å². The first-order valence-electron chi connectivity index (χ1n) is 9.15. The maximum absolute atomic E-state index is 12.7. The molecule has 0 spiro atoms. The summed E-state index contributed by atoms with van der Waals surface area (Å²) < 4.78 is 11.0. The van der Waals surface area contributed by atoms with E-state index in [4.69, 9.17) is 9.47 Å². The van der Waals surface area contributed by atoms with E-state index in [9.17, 15) is 9.59 Å². The summed E-state index contributed by atoms with van der Waals surface area (Å²) >= 11 is 0. The Bertz CT molecular complexity index is 835. The van der Waals surface area contributed by atoms with Gasteiger partial charge in [-0.1, -0.05) is 12.1 Å². The molecule has 27 heavy (non-hydrogen) atoms. The lowest BCUT2D eigenvalue weighted by Gasteiger charge is -2.28. The van der Waals surface area contributed by atoms with Crippen LogP contribution in [0.15, 0.2) is 42.5 Å². The largest absolute Gasteiger partial charge is 0.494 e. The number of hydrogen-bond donors (Lipinski definition) is 1. The fraction of sp³-hybridized carbons (Fsp3) is 0.333. The van der Waals surface area contributed by atoms with E-state index in [-0.39, 0.29) is 11.8 Å². The van der Waals surface area contributed by atoms with Crippen molar-refractivity contribution < 1.29 is 19.1 Å². The first kappa shape index (κ1) is 18.8. The molecule has 2 aromatic carbocycles. The monoisotopic (exact) mass is 368 g/mol. The lowest BCUT2D eigenvalue weighted by atomic mass is 10.1. The molecule has 0 atom stereocenters. The molecule has 142 valence electrons. The smallest absolute Gasteiger partial charge is 0.259 e. The van der Waals surface area contributed by atoms with E-state index in [0.717, 1.165) is 18.5 Å². The van der Waals surface area contributed by atoms with Gasteiger partial charge in [-0.15, -0.1) is 0 Å². The molecule has 1 heterocycles. The number of rotatable bonds is 6. The summed E-state index contributed by atoms with van der Waals surface area (Å²) in [6.45, 7) is 3.04. The number of benzene rings is 2. The van der Waals surface area contributed by atoms with E-state index in [1.807, 2.05) is 19.1 Å². The Morgan fingerprint density at radius 2 is 1.96 bits per heavy atom. The molecule has 1 fully saturated rings. The van der Waals surface area contributed by atoms with Crippen LogP contribution in [-0.2, 0) is 4.79 Å². The highest BCUT2D eigenvalue weighted by Gasteiger charge is 2.23. The second kappa shape index (κ2) is 8.58. The van der Waals surface area contributed by atoms with Crippen LogP contribution in [0.5, 0.6) is 11.5 Å². The summed E-state index contributed by atoms with van der Waals surface area (Å²) in [5, 5.41) is 2.87. The number of nitrogens with one attached hydrogen (secondary N) is 1. The van der Waals surface area contributed by atoms with E-state index < -0.39 is 0 Å². The topological polar surface area (TPSA) is 67.9 Å². The van der Waals surface area contributed by atoms with Gasteiger partial charge in [-0.25, -0.2) is 0 Å². The van der Waals surface area contributed by atoms with Crippen LogP contribution >= 0.6 is 0 Å². The summed E-state index contributed by atoms with van der Waals surface area (Å²) in [4.78, 5) is 26.6. The third-order valence-electron chi connectivity index (χ3n) is 4.48. The van der Waals surface area contributed by atoms with Crippen molar-refractivity contribution in [2.75, 3.05) is 30.5 Å². The average Bonchev–Trinajstić information content (AvgIpc) is 2.69. The molecule has 1 N–H and O–H groups in total. The first-order chi connectivity index (χ1) is 13.1. The number of anilines is 2. The van der Waals surface area contributed by atoms with Gasteiger partial charge < -0.3 is 19.7 Å². The number of nitrogens with zero attached hydrogens (tertiary/aromatic N) is 1. The van der Waals surface area contributed by atoms with Crippen molar-refractivity contribution in [2.45, 2.75) is 26.2 Å². The van der Waals surface area contributed by atoms with Gasteiger partial charge in [-0.3, -0.25) is 9.59 Å². The third kappa shape index (κ3) is 4.22. The van der Waals surface area contributed by atoms with Gasteiger partial charge in [0.15, 0.2) is 0 Å². The molecule has 3 rings (SSSR count). The maximum Gasteiger partial charge on any atom is 0.259 e. The van der Waals surface area contributed by atoms with Gasteiger partial charge in [0.05, 0.1) is 25.0 Å². The highest BCUT2D eigenvalue weighted by Crippen LogP contribution is 2.33. The molecule has 1 aliphatic rings. The SMILES string of the molecule is CCOc1ccccc1C(=O)Nc1ccc(N2CCCCC2=O)c(OC)c1. The van der Waals surface area contributed by atoms with Gasteiger partial charge in [0.25, 0.3) is 5.91 Å². The van der Waals surface area contributed by atoms with Crippen molar-refractivity contribution in [1.29, 1.82) is 0 Å². The van der Waals surface area contributed by atoms with E-state index in [2.05, 4.69) is 5.32 Å². The predicted octanol–water partition coefficient (Wildman–Crippen LogP) is 3.86. The fourth-order valence-corrected chi connectivity index (χ4v) is 3.17. The number of ether oxygens (including phenoxy) is 2. The molecule has 1 saturated heterocycles. The highest BCUT2D eigenvalue weighted by atomic mass is 16.5. The average molecular weight is 368 g/mol. The molecule has 0 bridgehead atoms. The van der Waals surface area contributed by atoms with E-state index in [1.54, 1.807) is 42.3 Å². The van der Waals surface area contributed by atoms with E-state index >= 15 is 0 Å². The van der Waals surface area contributed by atoms with E-state index in [1.165, 1.54) is 0 Å². The Hall–Kier alpha value is -3.02. The minimum absolute atomic E-state index is 0.0991. The number of methoxy groups -OCH3 is 1. The van der Waals surface area contributed by atoms with Crippen LogP contribution in [0, 0.1) is 0 Å². The van der Waals surface area contributed by atoms with Crippen LogP contribution in [0.25, 0.3) is 0 Å². The van der Waals surface area contributed by atoms with Crippen LogP contribution in [0.4, 0.5) is 11.4 Å². The Morgan fingerprint density at radius 3 is 2.70 bits per heavy atom. The number of amides is 2. The van der Waals surface area contributed by atoms with Gasteiger partial charge >= 0.3 is 0 Å². The van der Waals surface area contributed by atoms with Crippen molar-refractivity contribution in [3.8, 4) is 11.5 Å². The zero-order valence-electron chi connectivity index (χ0n) is 15.7. The fourth-order valence-electron chi connectivity index (χ4n) is 3.17. The molecule has 2 aromatic rings. The molecule has 0 unspecified atom stereocenters. The van der Waals surface area contributed by atoms with Crippen LogP contribution in [-0.4, -0.2) is 32.1 Å². The van der Waals surface area contributed by atoms with Crippen molar-refractivity contribution in [3.05, 3.63) is 48.0 Å². The molecule has 6 heteroatoms. The Morgan fingerprint density at radius 1 is 1.15 bits per heavy atom. The Balaban J connectivity index is 1.82. The molecule has 1 aliphatic heterocycles. The van der Waals surface area contributed by atoms with Crippen LogP contribution in [0.3, 0.4) is 0 Å². The second-order valence-corrected chi connectivity index (χ2v) is 6.27. The van der Waals surface area contributed by atoms with Crippen LogP contribution in [0.1, 0.15) is 36.5 Å². The Kier molecular flexibility index (Phi) is 5.96. The summed E-state index contributed by atoms with van der Waals surface area (Å²) in [6, 6.07) is 12.4. The number of hydrogen-bond acceptors (Lipinski definition) is 4. The lowest BCUT2D eigenvalue weighted by molar-refractivity contribution is -0.119. The van der Waals surface area contributed by atoms with Gasteiger partial charge in [0, 0.05) is 24.7 Å². The quantitative estimate of drug-likeness (QED) is 0.841. The predicted molar refractivity (Wildman–Crippen MR) is 105 cm³/mol. The van der Waals surface area contributed by atoms with Gasteiger partial charge in [-0.05, 0) is 44.0 Å². The summed E-state index contributed by atoms with van der Waals surface area (Å²) in [5.41, 5.74) is 1.79. The van der Waals surface area contributed by atoms with Crippen LogP contribution < -0.4 is 19.7 Å². The molecule has 0 aliphatic carbocycles. The van der Waals surface area contributed by atoms with E-state index in [0.29, 0.717) is 42.3 Å². The number of carbonyl (C=O) groups excluding carboxylic acids is 2.